The highest BCUT2D eigenvalue weighted by Crippen LogP contribution is 2.22. The fourth-order valence-electron chi connectivity index (χ4n) is 3.25. The molecule has 0 aromatic rings. The first-order chi connectivity index (χ1) is 9.83. The number of fused-ring (bicyclic) bond motifs is 1. The quantitative estimate of drug-likeness (QED) is 0.598. The first-order valence-corrected chi connectivity index (χ1v) is 8.96. The van der Waals surface area contributed by atoms with Crippen molar-refractivity contribution in [1.29, 1.82) is 0 Å². The van der Waals surface area contributed by atoms with Gasteiger partial charge < -0.3 is 15.4 Å². The Hall–Kier alpha value is -0.460. The van der Waals surface area contributed by atoms with E-state index in [0.717, 1.165) is 37.7 Å². The van der Waals surface area contributed by atoms with E-state index in [1.807, 2.05) is 11.8 Å². The molecule has 3 saturated heterocycles. The van der Waals surface area contributed by atoms with E-state index in [4.69, 9.17) is 10.5 Å². The summed E-state index contributed by atoms with van der Waals surface area (Å²) < 4.78 is 5.96. The highest BCUT2D eigenvalue weighted by atomic mass is 32.2. The third-order valence-electron chi connectivity index (χ3n) is 4.50. The Morgan fingerprint density at radius 2 is 2.10 bits per heavy atom. The summed E-state index contributed by atoms with van der Waals surface area (Å²) in [6.07, 6.45) is 4.21. The number of rotatable bonds is 2. The molecule has 3 heterocycles. The maximum atomic E-state index is 6.09. The van der Waals surface area contributed by atoms with Crippen molar-refractivity contribution in [2.24, 2.45) is 10.7 Å². The third-order valence-corrected chi connectivity index (χ3v) is 5.45. The zero-order valence-electron chi connectivity index (χ0n) is 12.2. The van der Waals surface area contributed by atoms with Crippen LogP contribution in [0.3, 0.4) is 0 Å². The van der Waals surface area contributed by atoms with Gasteiger partial charge in [0.05, 0.1) is 19.3 Å². The van der Waals surface area contributed by atoms with Crippen molar-refractivity contribution in [2.75, 3.05) is 50.8 Å². The van der Waals surface area contributed by atoms with Crippen LogP contribution in [0.1, 0.15) is 19.3 Å². The van der Waals surface area contributed by atoms with E-state index < -0.39 is 0 Å². The molecule has 3 aliphatic heterocycles. The van der Waals surface area contributed by atoms with Crippen LogP contribution in [-0.2, 0) is 4.74 Å². The molecule has 20 heavy (non-hydrogen) atoms. The van der Waals surface area contributed by atoms with Gasteiger partial charge in [-0.05, 0) is 19.4 Å². The molecule has 5 nitrogen and oxygen atoms in total. The number of guanidine groups is 1. The van der Waals surface area contributed by atoms with Crippen LogP contribution in [0.25, 0.3) is 0 Å². The van der Waals surface area contributed by atoms with Gasteiger partial charge in [-0.2, -0.15) is 11.8 Å². The van der Waals surface area contributed by atoms with Crippen LogP contribution in [-0.4, -0.2) is 78.7 Å². The molecule has 3 aliphatic rings. The Morgan fingerprint density at radius 3 is 2.95 bits per heavy atom. The molecule has 2 atom stereocenters. The number of ether oxygens (including phenoxy) is 1. The van der Waals surface area contributed by atoms with Crippen LogP contribution < -0.4 is 5.73 Å². The third kappa shape index (κ3) is 3.59. The van der Waals surface area contributed by atoms with Crippen molar-refractivity contribution in [1.82, 2.24) is 9.80 Å². The largest absolute Gasteiger partial charge is 0.373 e. The normalized spacial score (nSPS) is 33.0. The second-order valence-corrected chi connectivity index (χ2v) is 7.12. The minimum Gasteiger partial charge on any atom is -0.373 e. The van der Waals surface area contributed by atoms with E-state index in [9.17, 15) is 0 Å². The first kappa shape index (κ1) is 14.5. The summed E-state index contributed by atoms with van der Waals surface area (Å²) in [6.45, 7) is 5.89. The molecule has 0 saturated carbocycles. The van der Waals surface area contributed by atoms with Gasteiger partial charge in [0, 0.05) is 37.2 Å². The summed E-state index contributed by atoms with van der Waals surface area (Å²) >= 11 is 1.99. The molecule has 2 N–H and O–H groups in total. The lowest BCUT2D eigenvalue weighted by molar-refractivity contribution is -0.0702. The Balaban J connectivity index is 1.48. The molecule has 0 aliphatic carbocycles. The molecule has 0 radical (unpaired) electrons. The van der Waals surface area contributed by atoms with E-state index in [1.54, 1.807) is 0 Å². The van der Waals surface area contributed by atoms with Gasteiger partial charge in [-0.15, -0.1) is 0 Å². The van der Waals surface area contributed by atoms with Crippen LogP contribution in [0, 0.1) is 0 Å². The maximum absolute atomic E-state index is 6.09. The monoisotopic (exact) mass is 298 g/mol. The number of nitrogens with zero attached hydrogens (tertiary/aromatic N) is 3. The standard InChI is InChI=1S/C14H26N4OS/c15-14(17-5-7-20-8-6-17)16-9-13-10-18-4-2-1-3-12(18)11-19-13/h12-13H,1-11H2,(H2,15,16)/t12-,13-/m0/s1. The lowest BCUT2D eigenvalue weighted by Crippen LogP contribution is -2.52. The summed E-state index contributed by atoms with van der Waals surface area (Å²) in [4.78, 5) is 9.35. The summed E-state index contributed by atoms with van der Waals surface area (Å²) in [5.74, 6) is 3.02. The summed E-state index contributed by atoms with van der Waals surface area (Å²) in [6, 6.07) is 0.653. The second-order valence-electron chi connectivity index (χ2n) is 5.90. The zero-order valence-corrected chi connectivity index (χ0v) is 13.0. The van der Waals surface area contributed by atoms with Crippen molar-refractivity contribution in [3.8, 4) is 0 Å². The summed E-state index contributed by atoms with van der Waals surface area (Å²) in [7, 11) is 0. The van der Waals surface area contributed by atoms with Gasteiger partial charge in [-0.1, -0.05) is 6.42 Å². The van der Waals surface area contributed by atoms with E-state index in [-0.39, 0.29) is 6.10 Å². The Labute approximate surface area is 125 Å². The second kappa shape index (κ2) is 7.00. The highest BCUT2D eigenvalue weighted by molar-refractivity contribution is 7.99. The molecule has 3 rings (SSSR count). The SMILES string of the molecule is NC(=NC[C@H]1CN2CCCC[C@H]2CO1)N1CCSCC1. The average molecular weight is 298 g/mol. The van der Waals surface area contributed by atoms with Crippen LogP contribution in [0.15, 0.2) is 4.99 Å². The summed E-state index contributed by atoms with van der Waals surface area (Å²) in [5, 5.41) is 0. The number of nitrogens with two attached hydrogens (primary N) is 1. The fraction of sp³-hybridized carbons (Fsp3) is 0.929. The van der Waals surface area contributed by atoms with Gasteiger partial charge in [0.2, 0.25) is 0 Å². The number of morpholine rings is 1. The molecule has 0 bridgehead atoms. The first-order valence-electron chi connectivity index (χ1n) is 7.81. The van der Waals surface area contributed by atoms with Gasteiger partial charge in [-0.25, -0.2) is 0 Å². The van der Waals surface area contributed by atoms with Crippen LogP contribution >= 0.6 is 11.8 Å². The number of aliphatic imine (C=N–C) groups is 1. The van der Waals surface area contributed by atoms with Gasteiger partial charge in [0.1, 0.15) is 0 Å². The number of thioether (sulfide) groups is 1. The molecular formula is C14H26N4OS. The van der Waals surface area contributed by atoms with Crippen molar-refractivity contribution in [2.45, 2.75) is 31.4 Å². The fourth-order valence-corrected chi connectivity index (χ4v) is 4.15. The van der Waals surface area contributed by atoms with Gasteiger partial charge >= 0.3 is 0 Å². The maximum Gasteiger partial charge on any atom is 0.191 e. The van der Waals surface area contributed by atoms with E-state index in [0.29, 0.717) is 18.5 Å². The molecule has 0 unspecified atom stereocenters. The number of hydrogen-bond donors (Lipinski definition) is 1. The smallest absolute Gasteiger partial charge is 0.191 e. The molecule has 0 spiro atoms. The molecule has 0 aromatic carbocycles. The topological polar surface area (TPSA) is 54.1 Å². The Bertz CT molecular complexity index is 346. The van der Waals surface area contributed by atoms with Crippen LogP contribution in [0.2, 0.25) is 0 Å². The van der Waals surface area contributed by atoms with Crippen molar-refractivity contribution in [3.05, 3.63) is 0 Å². The summed E-state index contributed by atoms with van der Waals surface area (Å²) in [5.41, 5.74) is 6.09. The highest BCUT2D eigenvalue weighted by Gasteiger charge is 2.30. The average Bonchev–Trinajstić information content (AvgIpc) is 2.53. The van der Waals surface area contributed by atoms with Crippen LogP contribution in [0.4, 0.5) is 0 Å². The lowest BCUT2D eigenvalue weighted by atomic mass is 10.0. The molecule has 3 fully saturated rings. The Kier molecular flexibility index (Phi) is 5.07. The molecule has 0 aromatic heterocycles. The van der Waals surface area contributed by atoms with Gasteiger partial charge in [0.15, 0.2) is 5.96 Å². The minimum absolute atomic E-state index is 0.224. The number of piperidine rings is 1. The Morgan fingerprint density at radius 1 is 1.25 bits per heavy atom. The molecule has 6 heteroatoms. The van der Waals surface area contributed by atoms with Crippen molar-refractivity contribution < 1.29 is 4.74 Å². The molecule has 0 amide bonds. The molecular weight excluding hydrogens is 272 g/mol. The predicted molar refractivity (Wildman–Crippen MR) is 84.3 cm³/mol. The van der Waals surface area contributed by atoms with Crippen LogP contribution in [0.5, 0.6) is 0 Å². The molecule has 114 valence electrons. The van der Waals surface area contributed by atoms with Gasteiger partial charge in [0.25, 0.3) is 0 Å². The lowest BCUT2D eigenvalue weighted by Gasteiger charge is -2.42. The van der Waals surface area contributed by atoms with E-state index in [2.05, 4.69) is 14.8 Å². The minimum atomic E-state index is 0.224. The predicted octanol–water partition coefficient (Wildman–Crippen LogP) is 0.603. The van der Waals surface area contributed by atoms with Crippen molar-refractivity contribution >= 4 is 17.7 Å². The van der Waals surface area contributed by atoms with E-state index >= 15 is 0 Å². The van der Waals surface area contributed by atoms with E-state index in [1.165, 1.54) is 25.8 Å². The van der Waals surface area contributed by atoms with Gasteiger partial charge in [-0.3, -0.25) is 9.89 Å². The van der Waals surface area contributed by atoms with Crippen molar-refractivity contribution in [3.63, 3.8) is 0 Å². The number of hydrogen-bond acceptors (Lipinski definition) is 4. The zero-order chi connectivity index (χ0) is 13.8.